The molecule has 4 nitrogen and oxygen atoms in total. The molecule has 2 heterocycles. The van der Waals surface area contributed by atoms with E-state index < -0.39 is 0 Å². The van der Waals surface area contributed by atoms with Gasteiger partial charge in [0.1, 0.15) is 11.5 Å². The van der Waals surface area contributed by atoms with E-state index in [1.165, 1.54) is 11.3 Å². The molecule has 0 saturated heterocycles. The quantitative estimate of drug-likeness (QED) is 0.770. The van der Waals surface area contributed by atoms with Crippen LogP contribution in [0.4, 0.5) is 0 Å². The third-order valence-electron chi connectivity index (χ3n) is 3.66. The molecule has 0 atom stereocenters. The molecule has 4 rings (SSSR count). The lowest BCUT2D eigenvalue weighted by Gasteiger charge is -2.06. The second-order valence-corrected chi connectivity index (χ2v) is 5.07. The molecule has 3 aromatic rings. The molecular weight excluding hydrogens is 262 g/mol. The summed E-state index contributed by atoms with van der Waals surface area (Å²) >= 11 is 0. The fourth-order valence-corrected chi connectivity index (χ4v) is 2.59. The van der Waals surface area contributed by atoms with Gasteiger partial charge in [-0.25, -0.2) is 0 Å². The van der Waals surface area contributed by atoms with E-state index in [1.807, 2.05) is 54.6 Å². The zero-order valence-electron chi connectivity index (χ0n) is 11.5. The van der Waals surface area contributed by atoms with Crippen LogP contribution in [0.5, 0.6) is 11.5 Å². The number of aromatic amines is 1. The average Bonchev–Trinajstić information content (AvgIpc) is 3.12. The second-order valence-electron chi connectivity index (χ2n) is 5.07. The Morgan fingerprint density at radius 1 is 0.857 bits per heavy atom. The summed E-state index contributed by atoms with van der Waals surface area (Å²) < 4.78 is 5.80. The van der Waals surface area contributed by atoms with Crippen molar-refractivity contribution in [2.75, 3.05) is 0 Å². The van der Waals surface area contributed by atoms with Gasteiger partial charge in [0.25, 0.3) is 0 Å². The first kappa shape index (κ1) is 12.2. The lowest BCUT2D eigenvalue weighted by Crippen LogP contribution is -2.02. The number of hydrogen-bond acceptors (Lipinski definition) is 3. The monoisotopic (exact) mass is 277 g/mol. The van der Waals surface area contributed by atoms with E-state index in [1.54, 1.807) is 0 Å². The normalized spacial score (nSPS) is 13.1. The maximum absolute atomic E-state index is 5.80. The van der Waals surface area contributed by atoms with Crippen LogP contribution in [0.3, 0.4) is 0 Å². The largest absolute Gasteiger partial charge is 0.457 e. The first-order valence-corrected chi connectivity index (χ1v) is 7.00. The van der Waals surface area contributed by atoms with Crippen molar-refractivity contribution in [3.63, 3.8) is 0 Å². The van der Waals surface area contributed by atoms with Crippen molar-refractivity contribution in [1.82, 2.24) is 15.5 Å². The molecule has 0 aliphatic carbocycles. The summed E-state index contributed by atoms with van der Waals surface area (Å²) in [6.07, 6.45) is 0. The highest BCUT2D eigenvalue weighted by atomic mass is 16.5. The van der Waals surface area contributed by atoms with Crippen LogP contribution in [0.15, 0.2) is 54.6 Å². The third-order valence-corrected chi connectivity index (χ3v) is 3.66. The maximum atomic E-state index is 5.80. The van der Waals surface area contributed by atoms with Crippen LogP contribution < -0.4 is 10.1 Å². The molecule has 21 heavy (non-hydrogen) atoms. The molecule has 1 aliphatic rings. The zero-order chi connectivity index (χ0) is 14.1. The summed E-state index contributed by atoms with van der Waals surface area (Å²) in [5, 5.41) is 10.8. The summed E-state index contributed by atoms with van der Waals surface area (Å²) in [5.41, 5.74) is 4.60. The van der Waals surface area contributed by atoms with Gasteiger partial charge in [-0.15, -0.1) is 0 Å². The van der Waals surface area contributed by atoms with Crippen LogP contribution in [-0.4, -0.2) is 10.2 Å². The number of rotatable bonds is 3. The molecule has 0 amide bonds. The molecule has 0 fully saturated rings. The molecule has 0 bridgehead atoms. The summed E-state index contributed by atoms with van der Waals surface area (Å²) in [6, 6.07) is 17.8. The molecule has 0 spiro atoms. The van der Waals surface area contributed by atoms with Crippen LogP contribution in [0.25, 0.3) is 11.3 Å². The molecule has 0 unspecified atom stereocenters. The standard InChI is InChI=1S/C17H15N3O/c1-2-4-13(5-3-1)21-14-8-6-12(7-9-14)17-15-10-18-11-16(15)19-20-17/h1-9,18H,10-11H2,(H,19,20). The Morgan fingerprint density at radius 3 is 2.43 bits per heavy atom. The Hall–Kier alpha value is -2.59. The van der Waals surface area contributed by atoms with Crippen molar-refractivity contribution in [3.05, 3.63) is 65.9 Å². The van der Waals surface area contributed by atoms with Crippen molar-refractivity contribution in [3.8, 4) is 22.8 Å². The fourth-order valence-electron chi connectivity index (χ4n) is 2.59. The van der Waals surface area contributed by atoms with Crippen LogP contribution in [0.1, 0.15) is 11.3 Å². The van der Waals surface area contributed by atoms with E-state index in [4.69, 9.17) is 4.74 Å². The van der Waals surface area contributed by atoms with Gasteiger partial charge in [0.05, 0.1) is 11.4 Å². The van der Waals surface area contributed by atoms with Crippen molar-refractivity contribution in [2.45, 2.75) is 13.1 Å². The number of para-hydroxylation sites is 1. The van der Waals surface area contributed by atoms with Crippen LogP contribution in [0.2, 0.25) is 0 Å². The van der Waals surface area contributed by atoms with Gasteiger partial charge in [-0.2, -0.15) is 5.10 Å². The molecule has 1 aromatic heterocycles. The van der Waals surface area contributed by atoms with Gasteiger partial charge in [0.15, 0.2) is 0 Å². The Bertz CT molecular complexity index is 747. The van der Waals surface area contributed by atoms with Gasteiger partial charge < -0.3 is 10.1 Å². The summed E-state index contributed by atoms with van der Waals surface area (Å²) in [7, 11) is 0. The molecule has 4 heteroatoms. The number of fused-ring (bicyclic) bond motifs is 1. The highest BCUT2D eigenvalue weighted by molar-refractivity contribution is 5.65. The minimum atomic E-state index is 0.829. The SMILES string of the molecule is c1ccc(Oc2ccc(-c3n[nH]c4c3CNC4)cc2)cc1. The van der Waals surface area contributed by atoms with Crippen LogP contribution in [-0.2, 0) is 13.1 Å². The van der Waals surface area contributed by atoms with E-state index >= 15 is 0 Å². The number of hydrogen-bond donors (Lipinski definition) is 2. The molecule has 0 saturated carbocycles. The fraction of sp³-hybridized carbons (Fsp3) is 0.118. The van der Waals surface area contributed by atoms with Gasteiger partial charge in [0, 0.05) is 24.2 Å². The number of nitrogens with zero attached hydrogens (tertiary/aromatic N) is 1. The Balaban J connectivity index is 1.59. The minimum Gasteiger partial charge on any atom is -0.457 e. The molecular formula is C17H15N3O. The highest BCUT2D eigenvalue weighted by Crippen LogP contribution is 2.29. The summed E-state index contributed by atoms with van der Waals surface area (Å²) in [5.74, 6) is 1.67. The van der Waals surface area contributed by atoms with E-state index in [-0.39, 0.29) is 0 Å². The smallest absolute Gasteiger partial charge is 0.127 e. The maximum Gasteiger partial charge on any atom is 0.127 e. The molecule has 2 N–H and O–H groups in total. The van der Waals surface area contributed by atoms with Crippen molar-refractivity contribution < 1.29 is 4.74 Å². The van der Waals surface area contributed by atoms with Gasteiger partial charge >= 0.3 is 0 Å². The number of aromatic nitrogens is 2. The summed E-state index contributed by atoms with van der Waals surface area (Å²) in [4.78, 5) is 0. The van der Waals surface area contributed by atoms with E-state index in [0.717, 1.165) is 35.8 Å². The lowest BCUT2D eigenvalue weighted by atomic mass is 10.1. The lowest BCUT2D eigenvalue weighted by molar-refractivity contribution is 0.483. The number of ether oxygens (including phenoxy) is 1. The van der Waals surface area contributed by atoms with E-state index in [9.17, 15) is 0 Å². The van der Waals surface area contributed by atoms with Crippen LogP contribution in [0, 0.1) is 0 Å². The molecule has 2 aromatic carbocycles. The summed E-state index contributed by atoms with van der Waals surface area (Å²) in [6.45, 7) is 1.75. The second kappa shape index (κ2) is 5.07. The van der Waals surface area contributed by atoms with Gasteiger partial charge in [-0.3, -0.25) is 5.10 Å². The van der Waals surface area contributed by atoms with E-state index in [0.29, 0.717) is 0 Å². The average molecular weight is 277 g/mol. The predicted octanol–water partition coefficient (Wildman–Crippen LogP) is 3.47. The predicted molar refractivity (Wildman–Crippen MR) is 81.1 cm³/mol. The van der Waals surface area contributed by atoms with Gasteiger partial charge in [-0.1, -0.05) is 18.2 Å². The first-order chi connectivity index (χ1) is 10.4. The topological polar surface area (TPSA) is 49.9 Å². The Morgan fingerprint density at radius 2 is 1.62 bits per heavy atom. The highest BCUT2D eigenvalue weighted by Gasteiger charge is 2.18. The molecule has 104 valence electrons. The number of nitrogens with one attached hydrogen (secondary N) is 2. The van der Waals surface area contributed by atoms with Crippen molar-refractivity contribution in [1.29, 1.82) is 0 Å². The number of benzene rings is 2. The zero-order valence-corrected chi connectivity index (χ0v) is 11.5. The minimum absolute atomic E-state index is 0.829. The first-order valence-electron chi connectivity index (χ1n) is 7.00. The Kier molecular flexibility index (Phi) is 2.94. The van der Waals surface area contributed by atoms with Gasteiger partial charge in [-0.05, 0) is 36.4 Å². The van der Waals surface area contributed by atoms with E-state index in [2.05, 4.69) is 15.5 Å². The Labute approximate surface area is 122 Å². The number of H-pyrrole nitrogens is 1. The van der Waals surface area contributed by atoms with Gasteiger partial charge in [0.2, 0.25) is 0 Å². The molecule has 1 aliphatic heterocycles. The van der Waals surface area contributed by atoms with Crippen LogP contribution >= 0.6 is 0 Å². The third kappa shape index (κ3) is 2.30. The van der Waals surface area contributed by atoms with Crippen molar-refractivity contribution >= 4 is 0 Å². The molecule has 0 radical (unpaired) electrons. The van der Waals surface area contributed by atoms with Crippen molar-refractivity contribution in [2.24, 2.45) is 0 Å².